The minimum atomic E-state index is -0.461. The minimum absolute atomic E-state index is 0.0406. The van der Waals surface area contributed by atoms with Gasteiger partial charge in [-0.1, -0.05) is 13.8 Å². The van der Waals surface area contributed by atoms with Gasteiger partial charge in [0.2, 0.25) is 5.82 Å². The summed E-state index contributed by atoms with van der Waals surface area (Å²) in [6.45, 7) is 4.03. The van der Waals surface area contributed by atoms with E-state index < -0.39 is 4.92 Å². The lowest BCUT2D eigenvalue weighted by Crippen LogP contribution is -2.19. The van der Waals surface area contributed by atoms with Gasteiger partial charge in [0.25, 0.3) is 0 Å². The van der Waals surface area contributed by atoms with Gasteiger partial charge in [0.1, 0.15) is 5.82 Å². The number of rotatable bonds is 5. The molecule has 0 aliphatic carbocycles. The first-order valence-corrected chi connectivity index (χ1v) is 5.25. The Morgan fingerprint density at radius 3 is 2.62 bits per heavy atom. The monoisotopic (exact) mass is 224 g/mol. The van der Waals surface area contributed by atoms with Gasteiger partial charge < -0.3 is 11.1 Å². The molecule has 1 rings (SSSR count). The third kappa shape index (κ3) is 2.82. The van der Waals surface area contributed by atoms with Crippen LogP contribution >= 0.6 is 0 Å². The van der Waals surface area contributed by atoms with Crippen LogP contribution in [0.1, 0.15) is 26.7 Å². The Balaban J connectivity index is 3.00. The third-order valence-electron chi connectivity index (χ3n) is 2.42. The minimum Gasteiger partial charge on any atom is -0.384 e. The molecule has 1 aromatic heterocycles. The van der Waals surface area contributed by atoms with E-state index in [1.807, 2.05) is 13.8 Å². The second-order valence-electron chi connectivity index (χ2n) is 3.52. The quantitative estimate of drug-likeness (QED) is 0.590. The van der Waals surface area contributed by atoms with Gasteiger partial charge in [-0.05, 0) is 18.9 Å². The molecular formula is C10H16N4O2. The molecule has 0 amide bonds. The topological polar surface area (TPSA) is 94.1 Å². The highest BCUT2D eigenvalue weighted by Crippen LogP contribution is 2.24. The fourth-order valence-electron chi connectivity index (χ4n) is 1.41. The average Bonchev–Trinajstić information content (AvgIpc) is 2.25. The molecule has 1 aromatic rings. The molecule has 0 aliphatic heterocycles. The van der Waals surface area contributed by atoms with E-state index in [-0.39, 0.29) is 23.4 Å². The summed E-state index contributed by atoms with van der Waals surface area (Å²) in [7, 11) is 0. The lowest BCUT2D eigenvalue weighted by molar-refractivity contribution is -0.384. The van der Waals surface area contributed by atoms with Crippen molar-refractivity contribution >= 4 is 17.3 Å². The molecule has 6 heteroatoms. The molecule has 1 heterocycles. The number of anilines is 2. The van der Waals surface area contributed by atoms with E-state index in [0.717, 1.165) is 12.8 Å². The summed E-state index contributed by atoms with van der Waals surface area (Å²) < 4.78 is 0. The molecule has 0 saturated carbocycles. The van der Waals surface area contributed by atoms with Crippen molar-refractivity contribution in [2.45, 2.75) is 32.7 Å². The number of pyridine rings is 1. The molecule has 0 unspecified atom stereocenters. The van der Waals surface area contributed by atoms with Gasteiger partial charge in [-0.2, -0.15) is 0 Å². The van der Waals surface area contributed by atoms with E-state index in [0.29, 0.717) is 0 Å². The van der Waals surface area contributed by atoms with Crippen molar-refractivity contribution in [3.63, 3.8) is 0 Å². The van der Waals surface area contributed by atoms with Gasteiger partial charge in [0, 0.05) is 12.1 Å². The third-order valence-corrected chi connectivity index (χ3v) is 2.42. The highest BCUT2D eigenvalue weighted by molar-refractivity contribution is 5.59. The molecule has 3 N–H and O–H groups in total. The van der Waals surface area contributed by atoms with Crippen LogP contribution in [0.5, 0.6) is 0 Å². The molecule has 0 spiro atoms. The van der Waals surface area contributed by atoms with Crippen molar-refractivity contribution in [1.29, 1.82) is 0 Å². The Hall–Kier alpha value is -1.85. The predicted octanol–water partition coefficient (Wildman–Crippen LogP) is 2.17. The van der Waals surface area contributed by atoms with Crippen molar-refractivity contribution in [3.8, 4) is 0 Å². The maximum Gasteiger partial charge on any atom is 0.311 e. The van der Waals surface area contributed by atoms with Gasteiger partial charge in [0.05, 0.1) is 4.92 Å². The number of aromatic nitrogens is 1. The number of nitrogens with one attached hydrogen (secondary N) is 1. The van der Waals surface area contributed by atoms with Crippen LogP contribution in [0.3, 0.4) is 0 Å². The molecule has 88 valence electrons. The van der Waals surface area contributed by atoms with Crippen LogP contribution in [-0.4, -0.2) is 15.9 Å². The highest BCUT2D eigenvalue weighted by atomic mass is 16.6. The number of hydrogen-bond donors (Lipinski definition) is 2. The summed E-state index contributed by atoms with van der Waals surface area (Å²) in [6, 6.07) is 2.97. The van der Waals surface area contributed by atoms with Crippen LogP contribution in [-0.2, 0) is 0 Å². The van der Waals surface area contributed by atoms with Crippen LogP contribution in [0.4, 0.5) is 17.3 Å². The Labute approximate surface area is 94.0 Å². The number of hydrogen-bond acceptors (Lipinski definition) is 5. The van der Waals surface area contributed by atoms with Crippen LogP contribution in [0.2, 0.25) is 0 Å². The Kier molecular flexibility index (Phi) is 4.04. The zero-order valence-electron chi connectivity index (χ0n) is 9.43. The van der Waals surface area contributed by atoms with Gasteiger partial charge in [-0.3, -0.25) is 10.1 Å². The lowest BCUT2D eigenvalue weighted by atomic mass is 10.2. The maximum absolute atomic E-state index is 10.8. The zero-order chi connectivity index (χ0) is 12.1. The Morgan fingerprint density at radius 1 is 1.50 bits per heavy atom. The molecule has 0 atom stereocenters. The predicted molar refractivity (Wildman–Crippen MR) is 63.3 cm³/mol. The SMILES string of the molecule is CCC(CC)Nc1nc(N)ccc1[N+](=O)[O-]. The van der Waals surface area contributed by atoms with Gasteiger partial charge >= 0.3 is 5.69 Å². The van der Waals surface area contributed by atoms with Crippen molar-refractivity contribution in [1.82, 2.24) is 4.98 Å². The standard InChI is InChI=1S/C10H16N4O2/c1-3-7(4-2)12-10-8(14(15)16)5-6-9(11)13-10/h5-7H,3-4H2,1-2H3,(H3,11,12,13). The van der Waals surface area contributed by atoms with E-state index in [2.05, 4.69) is 10.3 Å². The molecule has 6 nitrogen and oxygen atoms in total. The van der Waals surface area contributed by atoms with Gasteiger partial charge in [-0.15, -0.1) is 0 Å². The van der Waals surface area contributed by atoms with E-state index in [4.69, 9.17) is 5.73 Å². The second kappa shape index (κ2) is 5.29. The Bertz CT molecular complexity index is 377. The molecule has 0 saturated heterocycles. The Morgan fingerprint density at radius 2 is 2.12 bits per heavy atom. The zero-order valence-corrected chi connectivity index (χ0v) is 9.43. The summed E-state index contributed by atoms with van der Waals surface area (Å²) >= 11 is 0. The van der Waals surface area contributed by atoms with E-state index in [1.54, 1.807) is 0 Å². The molecule has 0 radical (unpaired) electrons. The number of nitrogens with two attached hydrogens (primary N) is 1. The van der Waals surface area contributed by atoms with E-state index in [1.165, 1.54) is 12.1 Å². The van der Waals surface area contributed by atoms with Crippen LogP contribution < -0.4 is 11.1 Å². The highest BCUT2D eigenvalue weighted by Gasteiger charge is 2.17. The second-order valence-corrected chi connectivity index (χ2v) is 3.52. The normalized spacial score (nSPS) is 10.4. The van der Waals surface area contributed by atoms with Crippen LogP contribution in [0, 0.1) is 10.1 Å². The first-order valence-electron chi connectivity index (χ1n) is 5.25. The molecule has 0 aliphatic rings. The summed E-state index contributed by atoms with van der Waals surface area (Å²) in [6.07, 6.45) is 1.76. The molecular weight excluding hydrogens is 208 g/mol. The van der Waals surface area contributed by atoms with Crippen molar-refractivity contribution in [3.05, 3.63) is 22.2 Å². The molecule has 16 heavy (non-hydrogen) atoms. The van der Waals surface area contributed by atoms with E-state index >= 15 is 0 Å². The summed E-state index contributed by atoms with van der Waals surface area (Å²) in [5, 5.41) is 13.8. The lowest BCUT2D eigenvalue weighted by Gasteiger charge is -2.15. The van der Waals surface area contributed by atoms with Gasteiger partial charge in [0.15, 0.2) is 0 Å². The average molecular weight is 224 g/mol. The van der Waals surface area contributed by atoms with E-state index in [9.17, 15) is 10.1 Å². The van der Waals surface area contributed by atoms with Crippen molar-refractivity contribution in [2.24, 2.45) is 0 Å². The number of nitro groups is 1. The fourth-order valence-corrected chi connectivity index (χ4v) is 1.41. The van der Waals surface area contributed by atoms with Crippen molar-refractivity contribution < 1.29 is 4.92 Å². The first-order chi connectivity index (χ1) is 7.58. The van der Waals surface area contributed by atoms with Crippen LogP contribution in [0.25, 0.3) is 0 Å². The van der Waals surface area contributed by atoms with Crippen LogP contribution in [0.15, 0.2) is 12.1 Å². The molecule has 0 bridgehead atoms. The first kappa shape index (κ1) is 12.2. The maximum atomic E-state index is 10.8. The molecule has 0 aromatic carbocycles. The van der Waals surface area contributed by atoms with Gasteiger partial charge in [-0.25, -0.2) is 4.98 Å². The smallest absolute Gasteiger partial charge is 0.311 e. The molecule has 0 fully saturated rings. The summed E-state index contributed by atoms with van der Waals surface area (Å²) in [5.74, 6) is 0.526. The number of nitrogen functional groups attached to an aromatic ring is 1. The van der Waals surface area contributed by atoms with Crippen molar-refractivity contribution in [2.75, 3.05) is 11.1 Å². The largest absolute Gasteiger partial charge is 0.384 e. The summed E-state index contributed by atoms with van der Waals surface area (Å²) in [5.41, 5.74) is 5.47. The fraction of sp³-hybridized carbons (Fsp3) is 0.500. The number of nitrogens with zero attached hydrogens (tertiary/aromatic N) is 2. The summed E-state index contributed by atoms with van der Waals surface area (Å²) in [4.78, 5) is 14.3.